The standard InChI is InChI=1S/C26H20NO.C18H24NSi.Ir/c1-17(2)19-14-15-27-23(16-19)21-13-12-20(18-8-4-3-5-9-18)25-22-10-6-7-11-24(22)28-26(21)25;1-14(2)11-16-12-17(15-9-7-6-8-10-15)19-13-18(16)20(3,4)5;/h3-12,14-17H,1-2H3;6-9,12-14H,11H2,1-5H3;/q2*-1;/i17D;;. The fourth-order valence-electron chi connectivity index (χ4n) is 6.17. The molecule has 0 spiro atoms. The number of pyridine rings is 2. The van der Waals surface area contributed by atoms with E-state index in [0.29, 0.717) is 5.92 Å². The monoisotopic (exact) mass is 838 g/mol. The molecule has 1 radical (unpaired) electrons. The topological polar surface area (TPSA) is 38.9 Å². The molecular formula is C44H44IrN2OSi-2. The third kappa shape index (κ3) is 8.19. The summed E-state index contributed by atoms with van der Waals surface area (Å²) in [6, 6.07) is 41.3. The number of hydrogen-bond acceptors (Lipinski definition) is 3. The molecule has 0 atom stereocenters. The van der Waals surface area contributed by atoms with E-state index >= 15 is 0 Å². The summed E-state index contributed by atoms with van der Waals surface area (Å²) in [6.07, 6.45) is 5.00. The number of benzene rings is 4. The Morgan fingerprint density at radius 2 is 1.55 bits per heavy atom. The van der Waals surface area contributed by atoms with Crippen molar-refractivity contribution in [3.63, 3.8) is 0 Å². The summed E-state index contributed by atoms with van der Waals surface area (Å²) in [4.78, 5) is 9.26. The Morgan fingerprint density at radius 3 is 2.24 bits per heavy atom. The minimum atomic E-state index is -1.34. The number of nitrogens with zero attached hydrogens (tertiary/aromatic N) is 2. The summed E-state index contributed by atoms with van der Waals surface area (Å²) in [6.45, 7) is 15.5. The van der Waals surface area contributed by atoms with Gasteiger partial charge in [-0.3, -0.25) is 0 Å². The van der Waals surface area contributed by atoms with Gasteiger partial charge in [-0.05, 0) is 52.3 Å². The molecule has 0 aliphatic heterocycles. The molecule has 0 bridgehead atoms. The van der Waals surface area contributed by atoms with Crippen LogP contribution in [0.25, 0.3) is 55.6 Å². The first-order valence-corrected chi connectivity index (χ1v) is 20.2. The van der Waals surface area contributed by atoms with Gasteiger partial charge < -0.3 is 14.4 Å². The van der Waals surface area contributed by atoms with Crippen molar-refractivity contribution in [3.8, 4) is 33.6 Å². The van der Waals surface area contributed by atoms with Gasteiger partial charge >= 0.3 is 0 Å². The Bertz CT molecular complexity index is 2200. The van der Waals surface area contributed by atoms with Gasteiger partial charge in [-0.1, -0.05) is 136 Å². The van der Waals surface area contributed by atoms with Crippen LogP contribution < -0.4 is 5.19 Å². The van der Waals surface area contributed by atoms with Gasteiger partial charge in [0.1, 0.15) is 5.58 Å². The van der Waals surface area contributed by atoms with Gasteiger partial charge in [0.25, 0.3) is 0 Å². The summed E-state index contributed by atoms with van der Waals surface area (Å²) >= 11 is 0. The molecule has 0 aliphatic rings. The molecule has 3 aromatic heterocycles. The zero-order valence-electron chi connectivity index (χ0n) is 30.4. The van der Waals surface area contributed by atoms with Crippen LogP contribution in [-0.4, -0.2) is 18.0 Å². The summed E-state index contributed by atoms with van der Waals surface area (Å²) in [5.74, 6) is -0.0330. The minimum Gasteiger partial charge on any atom is -0.501 e. The number of hydrogen-bond donors (Lipinski definition) is 0. The maximum atomic E-state index is 8.37. The van der Waals surface area contributed by atoms with Crippen molar-refractivity contribution in [2.45, 2.75) is 59.7 Å². The number of fused-ring (bicyclic) bond motifs is 3. The van der Waals surface area contributed by atoms with Gasteiger partial charge in [0.15, 0.2) is 0 Å². The molecule has 49 heavy (non-hydrogen) atoms. The second-order valence-corrected chi connectivity index (χ2v) is 19.1. The van der Waals surface area contributed by atoms with Crippen LogP contribution in [0.2, 0.25) is 19.6 Å². The van der Waals surface area contributed by atoms with E-state index in [1.54, 1.807) is 6.20 Å². The third-order valence-electron chi connectivity index (χ3n) is 8.54. The van der Waals surface area contributed by atoms with E-state index in [2.05, 4.69) is 92.1 Å². The van der Waals surface area contributed by atoms with Crippen molar-refractivity contribution in [1.82, 2.24) is 9.97 Å². The number of furan rings is 1. The van der Waals surface area contributed by atoms with Crippen molar-refractivity contribution in [1.29, 1.82) is 0 Å². The van der Waals surface area contributed by atoms with E-state index in [9.17, 15) is 0 Å². The molecule has 3 nitrogen and oxygen atoms in total. The largest absolute Gasteiger partial charge is 0.501 e. The van der Waals surface area contributed by atoms with Crippen LogP contribution in [0.4, 0.5) is 0 Å². The summed E-state index contributed by atoms with van der Waals surface area (Å²) in [7, 11) is -1.34. The van der Waals surface area contributed by atoms with Crippen LogP contribution in [0, 0.1) is 18.1 Å². The minimum absolute atomic E-state index is 0. The van der Waals surface area contributed by atoms with E-state index in [1.165, 1.54) is 10.8 Å². The number of para-hydroxylation sites is 1. The fraction of sp³-hybridized carbons (Fsp3) is 0.227. The predicted octanol–water partition coefficient (Wildman–Crippen LogP) is 11.5. The average molecular weight is 838 g/mol. The molecule has 7 rings (SSSR count). The van der Waals surface area contributed by atoms with E-state index < -0.39 is 14.0 Å². The molecular weight excluding hydrogens is 793 g/mol. The quantitative estimate of drug-likeness (QED) is 0.119. The summed E-state index contributed by atoms with van der Waals surface area (Å²) in [5, 5.41) is 3.64. The first-order valence-electron chi connectivity index (χ1n) is 17.2. The first kappa shape index (κ1) is 34.7. The van der Waals surface area contributed by atoms with Crippen LogP contribution >= 0.6 is 0 Å². The Kier molecular flexibility index (Phi) is 11.0. The van der Waals surface area contributed by atoms with Crippen molar-refractivity contribution < 1.29 is 25.9 Å². The van der Waals surface area contributed by atoms with E-state index in [-0.39, 0.29) is 20.1 Å². The molecule has 5 heteroatoms. The van der Waals surface area contributed by atoms with Crippen LogP contribution in [0.3, 0.4) is 0 Å². The SMILES string of the molecule is CC(C)Cc1cc(-c2[c-]cccc2)ncc1[Si](C)(C)C.[2H]C(C)(C)c1ccnc(-c2[c-]cc(-c3ccccc3)c3c2oc2ccccc23)c1.[Ir]. The molecule has 7 aromatic rings. The van der Waals surface area contributed by atoms with Gasteiger partial charge in [0.05, 0.1) is 13.7 Å². The second kappa shape index (κ2) is 15.6. The zero-order chi connectivity index (χ0) is 34.8. The molecule has 0 saturated heterocycles. The van der Waals surface area contributed by atoms with E-state index in [0.717, 1.165) is 67.6 Å². The smallest absolute Gasteiger partial charge is 0.120 e. The Hall–Kier alpha value is -4.15. The van der Waals surface area contributed by atoms with Crippen molar-refractivity contribution in [2.75, 3.05) is 0 Å². The van der Waals surface area contributed by atoms with Crippen molar-refractivity contribution in [2.24, 2.45) is 5.92 Å². The molecule has 0 N–H and O–H groups in total. The van der Waals surface area contributed by atoms with Gasteiger partial charge in [-0.25, -0.2) is 0 Å². The Balaban J connectivity index is 0.000000204. The van der Waals surface area contributed by atoms with Gasteiger partial charge in [-0.2, -0.15) is 0 Å². The maximum absolute atomic E-state index is 8.37. The molecule has 4 aromatic carbocycles. The van der Waals surface area contributed by atoms with Gasteiger partial charge in [0.2, 0.25) is 0 Å². The van der Waals surface area contributed by atoms with Crippen LogP contribution in [-0.2, 0) is 26.5 Å². The fourth-order valence-corrected chi connectivity index (χ4v) is 7.76. The van der Waals surface area contributed by atoms with Gasteiger partial charge in [0, 0.05) is 39.3 Å². The maximum Gasteiger partial charge on any atom is 0.120 e. The summed E-state index contributed by atoms with van der Waals surface area (Å²) < 4.78 is 14.7. The second-order valence-electron chi connectivity index (χ2n) is 14.0. The molecule has 0 aliphatic carbocycles. The zero-order valence-corrected chi connectivity index (χ0v) is 32.8. The van der Waals surface area contributed by atoms with E-state index in [1.807, 2.05) is 86.6 Å². The van der Waals surface area contributed by atoms with Crippen LogP contribution in [0.1, 0.15) is 46.1 Å². The molecule has 0 unspecified atom stereocenters. The number of rotatable bonds is 7. The molecule has 0 amide bonds. The Morgan fingerprint density at radius 1 is 0.816 bits per heavy atom. The van der Waals surface area contributed by atoms with Crippen LogP contribution in [0.15, 0.2) is 120 Å². The van der Waals surface area contributed by atoms with Crippen molar-refractivity contribution in [3.05, 3.63) is 139 Å². The molecule has 0 saturated carbocycles. The van der Waals surface area contributed by atoms with E-state index in [4.69, 9.17) is 5.79 Å². The predicted molar refractivity (Wildman–Crippen MR) is 205 cm³/mol. The normalized spacial score (nSPS) is 12.0. The third-order valence-corrected chi connectivity index (χ3v) is 10.6. The Labute approximate surface area is 307 Å². The first-order chi connectivity index (χ1) is 23.4. The molecule has 0 fully saturated rings. The molecule has 251 valence electrons. The van der Waals surface area contributed by atoms with Gasteiger partial charge in [-0.15, -0.1) is 48.0 Å². The van der Waals surface area contributed by atoms with Crippen LogP contribution in [0.5, 0.6) is 0 Å². The summed E-state index contributed by atoms with van der Waals surface area (Å²) in [5.41, 5.74) is 9.94. The average Bonchev–Trinajstić information content (AvgIpc) is 3.48. The molecule has 3 heterocycles. The van der Waals surface area contributed by atoms with Crippen molar-refractivity contribution >= 4 is 35.2 Å². The number of aromatic nitrogens is 2.